The third kappa shape index (κ3) is 3.84. The van der Waals surface area contributed by atoms with E-state index >= 15 is 0 Å². The van der Waals surface area contributed by atoms with Gasteiger partial charge in [0.15, 0.2) is 0 Å². The monoisotopic (exact) mass is 305 g/mol. The van der Waals surface area contributed by atoms with E-state index in [9.17, 15) is 8.42 Å². The van der Waals surface area contributed by atoms with Gasteiger partial charge in [-0.25, -0.2) is 12.7 Å². The molecule has 0 spiro atoms. The molecule has 0 saturated heterocycles. The van der Waals surface area contributed by atoms with Gasteiger partial charge in [-0.2, -0.15) is 0 Å². The van der Waals surface area contributed by atoms with Crippen LogP contribution in [0, 0.1) is 5.92 Å². The van der Waals surface area contributed by atoms with Crippen molar-refractivity contribution in [1.82, 2.24) is 4.31 Å². The maximum Gasteiger partial charge on any atom is 0.246 e. The van der Waals surface area contributed by atoms with Gasteiger partial charge in [-0.1, -0.05) is 19.9 Å². The third-order valence-electron chi connectivity index (χ3n) is 2.69. The average Bonchev–Trinajstić information content (AvgIpc) is 2.36. The Balaban J connectivity index is 3.21. The van der Waals surface area contributed by atoms with Gasteiger partial charge in [-0.05, 0) is 23.6 Å². The van der Waals surface area contributed by atoms with Crippen LogP contribution in [-0.4, -0.2) is 33.4 Å². The fraction of sp³-hybridized carbons (Fsp3) is 0.538. The highest BCUT2D eigenvalue weighted by atomic mass is 35.5. The zero-order valence-corrected chi connectivity index (χ0v) is 13.3. The Morgan fingerprint density at radius 1 is 1.37 bits per heavy atom. The van der Waals surface area contributed by atoms with Crippen LogP contribution in [0.3, 0.4) is 0 Å². The van der Waals surface area contributed by atoms with Crippen molar-refractivity contribution < 1.29 is 13.2 Å². The third-order valence-corrected chi connectivity index (χ3v) is 4.86. The molecule has 0 atom stereocenters. The van der Waals surface area contributed by atoms with Crippen molar-refractivity contribution in [2.45, 2.75) is 24.6 Å². The molecule has 0 radical (unpaired) electrons. The van der Waals surface area contributed by atoms with Gasteiger partial charge in [0.1, 0.15) is 10.6 Å². The van der Waals surface area contributed by atoms with Gasteiger partial charge in [0.2, 0.25) is 10.0 Å². The zero-order valence-electron chi connectivity index (χ0n) is 11.7. The van der Waals surface area contributed by atoms with Gasteiger partial charge < -0.3 is 4.74 Å². The largest absolute Gasteiger partial charge is 0.495 e. The molecule has 0 fully saturated rings. The summed E-state index contributed by atoms with van der Waals surface area (Å²) in [5.74, 6) is 0.903. The second-order valence-corrected chi connectivity index (χ2v) is 7.08. The van der Waals surface area contributed by atoms with Crippen molar-refractivity contribution in [2.75, 3.05) is 20.7 Å². The molecular formula is C13H20ClNO3S. The average molecular weight is 306 g/mol. The second kappa shape index (κ2) is 6.59. The van der Waals surface area contributed by atoms with E-state index in [1.807, 2.05) is 13.8 Å². The molecule has 0 saturated carbocycles. The SMILES string of the molecule is COc1cc(CCl)ccc1S(=O)(=O)N(C)CC(C)C. The van der Waals surface area contributed by atoms with Crippen LogP contribution >= 0.6 is 11.6 Å². The molecule has 1 aromatic rings. The standard InChI is InChI=1S/C13H20ClNO3S/c1-10(2)9-15(3)19(16,17)13-6-5-11(8-14)7-12(13)18-4/h5-7,10H,8-9H2,1-4H3. The smallest absolute Gasteiger partial charge is 0.246 e. The summed E-state index contributed by atoms with van der Waals surface area (Å²) in [6, 6.07) is 4.90. The Hall–Kier alpha value is -0.780. The van der Waals surface area contributed by atoms with Crippen LogP contribution in [0.25, 0.3) is 0 Å². The number of alkyl halides is 1. The van der Waals surface area contributed by atoms with Gasteiger partial charge in [0, 0.05) is 19.5 Å². The molecule has 108 valence electrons. The molecule has 0 aliphatic carbocycles. The van der Waals surface area contributed by atoms with Crippen molar-refractivity contribution in [1.29, 1.82) is 0 Å². The molecule has 1 aromatic carbocycles. The van der Waals surface area contributed by atoms with Gasteiger partial charge in [0.05, 0.1) is 7.11 Å². The number of methoxy groups -OCH3 is 1. The molecular weight excluding hydrogens is 286 g/mol. The molecule has 0 N–H and O–H groups in total. The number of hydrogen-bond donors (Lipinski definition) is 0. The molecule has 6 heteroatoms. The van der Waals surface area contributed by atoms with E-state index in [1.54, 1.807) is 25.2 Å². The molecule has 0 bridgehead atoms. The molecule has 1 rings (SSSR count). The number of ether oxygens (including phenoxy) is 1. The van der Waals surface area contributed by atoms with E-state index in [4.69, 9.17) is 16.3 Å². The van der Waals surface area contributed by atoms with Crippen LogP contribution in [0.1, 0.15) is 19.4 Å². The topological polar surface area (TPSA) is 46.6 Å². The number of benzene rings is 1. The molecule has 4 nitrogen and oxygen atoms in total. The fourth-order valence-corrected chi connectivity index (χ4v) is 3.42. The van der Waals surface area contributed by atoms with Gasteiger partial charge in [-0.15, -0.1) is 11.6 Å². The van der Waals surface area contributed by atoms with Gasteiger partial charge in [-0.3, -0.25) is 0 Å². The first-order valence-corrected chi connectivity index (χ1v) is 7.99. The van der Waals surface area contributed by atoms with Crippen LogP contribution in [0.4, 0.5) is 0 Å². The van der Waals surface area contributed by atoms with Crippen molar-refractivity contribution >= 4 is 21.6 Å². The van der Waals surface area contributed by atoms with Gasteiger partial charge >= 0.3 is 0 Å². The number of sulfonamides is 1. The number of nitrogens with zero attached hydrogens (tertiary/aromatic N) is 1. The lowest BCUT2D eigenvalue weighted by Crippen LogP contribution is -2.30. The van der Waals surface area contributed by atoms with E-state index in [-0.39, 0.29) is 10.8 Å². The summed E-state index contributed by atoms with van der Waals surface area (Å²) >= 11 is 5.74. The highest BCUT2D eigenvalue weighted by Crippen LogP contribution is 2.28. The van der Waals surface area contributed by atoms with E-state index in [0.29, 0.717) is 18.2 Å². The van der Waals surface area contributed by atoms with Crippen LogP contribution in [0.15, 0.2) is 23.1 Å². The van der Waals surface area contributed by atoms with Crippen LogP contribution in [0.2, 0.25) is 0 Å². The van der Waals surface area contributed by atoms with Crippen molar-refractivity contribution in [3.8, 4) is 5.75 Å². The Bertz CT molecular complexity index is 529. The maximum atomic E-state index is 12.5. The van der Waals surface area contributed by atoms with E-state index in [0.717, 1.165) is 5.56 Å². The molecule has 0 unspecified atom stereocenters. The zero-order chi connectivity index (χ0) is 14.6. The predicted molar refractivity (Wildman–Crippen MR) is 77.2 cm³/mol. The van der Waals surface area contributed by atoms with Crippen LogP contribution in [0.5, 0.6) is 5.75 Å². The molecule has 0 amide bonds. The predicted octanol–water partition coefficient (Wildman–Crippen LogP) is 2.71. The minimum atomic E-state index is -3.54. The summed E-state index contributed by atoms with van der Waals surface area (Å²) in [6.45, 7) is 4.41. The molecule has 0 aromatic heterocycles. The van der Waals surface area contributed by atoms with E-state index < -0.39 is 10.0 Å². The lowest BCUT2D eigenvalue weighted by Gasteiger charge is -2.20. The summed E-state index contributed by atoms with van der Waals surface area (Å²) in [4.78, 5) is 0.173. The molecule has 19 heavy (non-hydrogen) atoms. The summed E-state index contributed by atoms with van der Waals surface area (Å²) in [5, 5.41) is 0. The summed E-state index contributed by atoms with van der Waals surface area (Å²) in [6.07, 6.45) is 0. The number of hydrogen-bond acceptors (Lipinski definition) is 3. The van der Waals surface area contributed by atoms with E-state index in [1.165, 1.54) is 11.4 Å². The molecule has 0 aliphatic rings. The Morgan fingerprint density at radius 2 is 2.00 bits per heavy atom. The highest BCUT2D eigenvalue weighted by Gasteiger charge is 2.25. The summed E-state index contributed by atoms with van der Waals surface area (Å²) in [7, 11) is -0.510. The first kappa shape index (κ1) is 16.3. The van der Waals surface area contributed by atoms with Crippen LogP contribution in [-0.2, 0) is 15.9 Å². The Labute approximate surface area is 120 Å². The van der Waals surface area contributed by atoms with Crippen LogP contribution < -0.4 is 4.74 Å². The normalized spacial score (nSPS) is 12.2. The maximum absolute atomic E-state index is 12.5. The molecule has 0 aliphatic heterocycles. The van der Waals surface area contributed by atoms with Gasteiger partial charge in [0.25, 0.3) is 0 Å². The summed E-state index contributed by atoms with van der Waals surface area (Å²) < 4.78 is 31.4. The lowest BCUT2D eigenvalue weighted by atomic mass is 10.2. The van der Waals surface area contributed by atoms with Crippen molar-refractivity contribution in [2.24, 2.45) is 5.92 Å². The fourth-order valence-electron chi connectivity index (χ4n) is 1.79. The minimum absolute atomic E-state index is 0.173. The molecule has 0 heterocycles. The number of rotatable bonds is 6. The summed E-state index contributed by atoms with van der Waals surface area (Å²) in [5.41, 5.74) is 0.823. The number of halogens is 1. The lowest BCUT2D eigenvalue weighted by molar-refractivity contribution is 0.390. The highest BCUT2D eigenvalue weighted by molar-refractivity contribution is 7.89. The minimum Gasteiger partial charge on any atom is -0.495 e. The first-order valence-electron chi connectivity index (χ1n) is 6.02. The Morgan fingerprint density at radius 3 is 2.47 bits per heavy atom. The Kier molecular flexibility index (Phi) is 5.64. The first-order chi connectivity index (χ1) is 8.82. The van der Waals surface area contributed by atoms with Crippen molar-refractivity contribution in [3.05, 3.63) is 23.8 Å². The second-order valence-electron chi connectivity index (χ2n) is 4.80. The van der Waals surface area contributed by atoms with E-state index in [2.05, 4.69) is 0 Å². The quantitative estimate of drug-likeness (QED) is 0.759. The van der Waals surface area contributed by atoms with Crippen molar-refractivity contribution in [3.63, 3.8) is 0 Å².